The molecule has 0 amide bonds. The Morgan fingerprint density at radius 2 is 1.38 bits per heavy atom. The van der Waals surface area contributed by atoms with Gasteiger partial charge in [0.15, 0.2) is 0 Å². The van der Waals surface area contributed by atoms with E-state index in [0.717, 1.165) is 6.42 Å². The summed E-state index contributed by atoms with van der Waals surface area (Å²) in [5.74, 6) is 0.597. The molecule has 2 aliphatic rings. The molecule has 0 heterocycles. The zero-order chi connectivity index (χ0) is 19.5. The molecule has 0 nitrogen and oxygen atoms in total. The van der Waals surface area contributed by atoms with Crippen molar-refractivity contribution in [1.82, 2.24) is 0 Å². The van der Waals surface area contributed by atoms with Crippen LogP contribution in [0.3, 0.4) is 0 Å². The van der Waals surface area contributed by atoms with Gasteiger partial charge in [0.1, 0.15) is 0 Å². The number of hydrogen-bond acceptors (Lipinski definition) is 0. The van der Waals surface area contributed by atoms with Crippen LogP contribution in [-0.2, 0) is 0 Å². The minimum Gasteiger partial charge on any atom is -0.0872 e. The molecule has 0 saturated carbocycles. The average Bonchev–Trinajstić information content (AvgIpc) is 3.47. The van der Waals surface area contributed by atoms with E-state index >= 15 is 0 Å². The van der Waals surface area contributed by atoms with Crippen LogP contribution in [0.25, 0.3) is 5.57 Å². The number of allylic oxidation sites excluding steroid dienone is 4. The molecular weight excluding hydrogens is 367 g/mol. The van der Waals surface area contributed by atoms with Crippen LogP contribution >= 0.6 is 7.92 Å². The highest BCUT2D eigenvalue weighted by molar-refractivity contribution is 7.67. The summed E-state index contributed by atoms with van der Waals surface area (Å²) in [5, 5.41) is 1.55. The first kappa shape index (κ1) is 18.6. The van der Waals surface area contributed by atoms with Crippen LogP contribution in [0.5, 0.6) is 0 Å². The molecule has 2 aliphatic carbocycles. The van der Waals surface area contributed by atoms with E-state index in [9.17, 15) is 0 Å². The lowest BCUT2D eigenvalue weighted by Crippen LogP contribution is -2.24. The van der Waals surface area contributed by atoms with Gasteiger partial charge >= 0.3 is 0 Å². The van der Waals surface area contributed by atoms with E-state index in [2.05, 4.69) is 109 Å². The largest absolute Gasteiger partial charge is 0.0872 e. The Bertz CT molecular complexity index is 986. The van der Waals surface area contributed by atoms with Crippen molar-refractivity contribution in [3.05, 3.63) is 120 Å². The van der Waals surface area contributed by atoms with Gasteiger partial charge in [-0.2, -0.15) is 0 Å². The van der Waals surface area contributed by atoms with Gasteiger partial charge in [0.25, 0.3) is 0 Å². The second-order valence-electron chi connectivity index (χ2n) is 8.03. The van der Waals surface area contributed by atoms with Gasteiger partial charge in [-0.05, 0) is 47.2 Å². The first-order valence-electron chi connectivity index (χ1n) is 10.7. The smallest absolute Gasteiger partial charge is 0.00931 e. The molecule has 0 saturated heterocycles. The highest BCUT2D eigenvalue weighted by atomic mass is 31.1. The first-order valence-corrected chi connectivity index (χ1v) is 12.2. The fourth-order valence-corrected chi connectivity index (χ4v) is 8.64. The Morgan fingerprint density at radius 3 is 2.10 bits per heavy atom. The molecule has 0 aliphatic heterocycles. The summed E-state index contributed by atoms with van der Waals surface area (Å²) in [4.78, 5) is 0. The molecule has 0 fully saturated rings. The topological polar surface area (TPSA) is 0 Å². The van der Waals surface area contributed by atoms with Crippen molar-refractivity contribution in [3.63, 3.8) is 0 Å². The zero-order valence-corrected chi connectivity index (χ0v) is 17.6. The summed E-state index contributed by atoms with van der Waals surface area (Å²) in [6.45, 7) is 0. The van der Waals surface area contributed by atoms with Crippen molar-refractivity contribution in [3.8, 4) is 0 Å². The lowest BCUT2D eigenvalue weighted by atomic mass is 9.97. The van der Waals surface area contributed by atoms with Gasteiger partial charge in [-0.3, -0.25) is 0 Å². The molecule has 0 radical (unpaired) electrons. The van der Waals surface area contributed by atoms with Gasteiger partial charge in [0, 0.05) is 11.3 Å². The van der Waals surface area contributed by atoms with Crippen LogP contribution in [0.4, 0.5) is 0 Å². The summed E-state index contributed by atoms with van der Waals surface area (Å²) in [6, 6.07) is 33.6. The molecule has 3 aromatic rings. The molecule has 1 heteroatoms. The third kappa shape index (κ3) is 3.75. The van der Waals surface area contributed by atoms with Crippen molar-refractivity contribution in [1.29, 1.82) is 0 Å². The lowest BCUT2D eigenvalue weighted by molar-refractivity contribution is 0.755. The molecule has 0 N–H and O–H groups in total. The second-order valence-corrected chi connectivity index (χ2v) is 10.6. The minimum atomic E-state index is -0.339. The number of hydrogen-bond donors (Lipinski definition) is 0. The molecule has 144 valence electrons. The van der Waals surface area contributed by atoms with Gasteiger partial charge in [0.05, 0.1) is 0 Å². The molecule has 3 aromatic carbocycles. The van der Waals surface area contributed by atoms with E-state index < -0.39 is 0 Å². The molecule has 2 unspecified atom stereocenters. The zero-order valence-electron chi connectivity index (χ0n) is 16.7. The van der Waals surface area contributed by atoms with Crippen molar-refractivity contribution in [2.24, 2.45) is 0 Å². The Balaban J connectivity index is 1.56. The van der Waals surface area contributed by atoms with Crippen molar-refractivity contribution < 1.29 is 0 Å². The highest BCUT2D eigenvalue weighted by Crippen LogP contribution is 2.60. The maximum Gasteiger partial charge on any atom is 0.00931 e. The summed E-state index contributed by atoms with van der Waals surface area (Å²) >= 11 is 0. The summed E-state index contributed by atoms with van der Waals surface area (Å²) in [5.41, 5.74) is 5.72. The predicted octanol–water partition coefficient (Wildman–Crippen LogP) is 7.15. The Labute approximate surface area is 175 Å². The first-order chi connectivity index (χ1) is 14.4. The number of rotatable bonds is 5. The molecule has 29 heavy (non-hydrogen) atoms. The molecule has 0 bridgehead atoms. The van der Waals surface area contributed by atoms with Crippen molar-refractivity contribution in [2.75, 3.05) is 0 Å². The van der Waals surface area contributed by atoms with Gasteiger partial charge in [0.2, 0.25) is 0 Å². The molecule has 0 aromatic heterocycles. The summed E-state index contributed by atoms with van der Waals surface area (Å²) in [6.07, 6.45) is 11.1. The Kier molecular flexibility index (Phi) is 5.46. The van der Waals surface area contributed by atoms with Gasteiger partial charge in [-0.15, -0.1) is 0 Å². The van der Waals surface area contributed by atoms with Crippen LogP contribution in [0.15, 0.2) is 109 Å². The van der Waals surface area contributed by atoms with Crippen LogP contribution in [0.2, 0.25) is 0 Å². The fraction of sp³-hybridized carbons (Fsp3) is 0.214. The lowest BCUT2D eigenvalue weighted by Gasteiger charge is -2.35. The number of benzene rings is 3. The van der Waals surface area contributed by atoms with Gasteiger partial charge < -0.3 is 0 Å². The van der Waals surface area contributed by atoms with E-state index in [1.165, 1.54) is 24.0 Å². The van der Waals surface area contributed by atoms with E-state index in [4.69, 9.17) is 0 Å². The van der Waals surface area contributed by atoms with Crippen LogP contribution in [-0.4, -0.2) is 11.3 Å². The fourth-order valence-electron chi connectivity index (χ4n) is 5.04. The van der Waals surface area contributed by atoms with Crippen molar-refractivity contribution >= 4 is 18.8 Å². The average molecular weight is 394 g/mol. The molecule has 5 rings (SSSR count). The SMILES string of the molecule is C1=C[C@@H](P(c2ccccc2)[C@H]2CCC=C2c2ccccc2)C(c2ccccc2)C1. The summed E-state index contributed by atoms with van der Waals surface area (Å²) < 4.78 is 0. The normalized spacial score (nSPS) is 24.4. The minimum absolute atomic E-state index is 0.339. The molecular formula is C28H27P. The van der Waals surface area contributed by atoms with Crippen LogP contribution < -0.4 is 5.30 Å². The standard InChI is InChI=1S/C28H27P/c1-4-12-22(13-5-1)25-18-10-20-27(25)29(24-16-8-3-9-17-24)28-21-11-19-26(28)23-14-6-2-7-15-23/h1-10,12-17,19-20,25,27-28H,11,18,21H2/t25?,27-,28+,29?/m1/s1. The maximum atomic E-state index is 2.54. The molecule has 4 atom stereocenters. The molecule has 0 spiro atoms. The quantitative estimate of drug-likeness (QED) is 0.318. The third-order valence-corrected chi connectivity index (χ3v) is 9.62. The van der Waals surface area contributed by atoms with E-state index in [-0.39, 0.29) is 7.92 Å². The van der Waals surface area contributed by atoms with Crippen LogP contribution in [0.1, 0.15) is 36.3 Å². The Morgan fingerprint density at radius 1 is 0.724 bits per heavy atom. The highest BCUT2D eigenvalue weighted by Gasteiger charge is 2.39. The van der Waals surface area contributed by atoms with E-state index in [1.807, 2.05) is 0 Å². The third-order valence-electron chi connectivity index (χ3n) is 6.35. The summed E-state index contributed by atoms with van der Waals surface area (Å²) in [7, 11) is -0.339. The van der Waals surface area contributed by atoms with E-state index in [1.54, 1.807) is 10.9 Å². The van der Waals surface area contributed by atoms with Crippen molar-refractivity contribution in [2.45, 2.75) is 36.5 Å². The van der Waals surface area contributed by atoms with E-state index in [0.29, 0.717) is 17.2 Å². The Hall–Kier alpha value is -2.43. The predicted molar refractivity (Wildman–Crippen MR) is 127 cm³/mol. The van der Waals surface area contributed by atoms with Crippen LogP contribution in [0, 0.1) is 0 Å². The van der Waals surface area contributed by atoms with Gasteiger partial charge in [-0.1, -0.05) is 117 Å². The monoisotopic (exact) mass is 394 g/mol. The van der Waals surface area contributed by atoms with Gasteiger partial charge in [-0.25, -0.2) is 0 Å². The maximum absolute atomic E-state index is 2.54. The second kappa shape index (κ2) is 8.52.